The third-order valence-electron chi connectivity index (χ3n) is 4.30. The van der Waals surface area contributed by atoms with Crippen LogP contribution in [0.1, 0.15) is 25.7 Å². The molecule has 12 heavy (non-hydrogen) atoms. The molecule has 2 nitrogen and oxygen atoms in total. The van der Waals surface area contributed by atoms with Crippen molar-refractivity contribution >= 4 is 5.97 Å². The summed E-state index contributed by atoms with van der Waals surface area (Å²) in [5.41, 5.74) is 0. The molecule has 0 heterocycles. The van der Waals surface area contributed by atoms with Gasteiger partial charge >= 0.3 is 5.97 Å². The predicted molar refractivity (Wildman–Crippen MR) is 43.6 cm³/mol. The number of fused-ring (bicyclic) bond motifs is 3. The summed E-state index contributed by atoms with van der Waals surface area (Å²) in [5.74, 6) is 2.42. The molecule has 0 bridgehead atoms. The zero-order chi connectivity index (χ0) is 8.29. The topological polar surface area (TPSA) is 37.3 Å². The summed E-state index contributed by atoms with van der Waals surface area (Å²) >= 11 is 0. The molecule has 0 amide bonds. The Labute approximate surface area is 72.0 Å². The monoisotopic (exact) mass is 166 g/mol. The van der Waals surface area contributed by atoms with Crippen LogP contribution in [0.3, 0.4) is 0 Å². The Kier molecular flexibility index (Phi) is 1.18. The lowest BCUT2D eigenvalue weighted by Crippen LogP contribution is -2.12. The van der Waals surface area contributed by atoms with Crippen molar-refractivity contribution in [1.82, 2.24) is 0 Å². The van der Waals surface area contributed by atoms with Gasteiger partial charge in [-0.3, -0.25) is 4.79 Å². The summed E-state index contributed by atoms with van der Waals surface area (Å²) in [6.07, 6.45) is 5.27. The maximum Gasteiger partial charge on any atom is 0.307 e. The molecule has 0 aromatic heterocycles. The highest BCUT2D eigenvalue weighted by Crippen LogP contribution is 2.66. The number of hydrogen-bond acceptors (Lipinski definition) is 1. The summed E-state index contributed by atoms with van der Waals surface area (Å²) in [7, 11) is 0. The van der Waals surface area contributed by atoms with Crippen molar-refractivity contribution in [1.29, 1.82) is 0 Å². The zero-order valence-corrected chi connectivity index (χ0v) is 7.07. The smallest absolute Gasteiger partial charge is 0.307 e. The van der Waals surface area contributed by atoms with E-state index in [2.05, 4.69) is 0 Å². The second kappa shape index (κ2) is 2.04. The van der Waals surface area contributed by atoms with Crippen molar-refractivity contribution in [3.63, 3.8) is 0 Å². The van der Waals surface area contributed by atoms with Gasteiger partial charge in [0.1, 0.15) is 0 Å². The number of hydrogen-bond donors (Lipinski definition) is 1. The van der Waals surface area contributed by atoms with Gasteiger partial charge in [-0.25, -0.2) is 0 Å². The normalized spacial score (nSPS) is 54.8. The van der Waals surface area contributed by atoms with Gasteiger partial charge in [-0.15, -0.1) is 0 Å². The molecule has 0 saturated heterocycles. The lowest BCUT2D eigenvalue weighted by atomic mass is 9.92. The maximum atomic E-state index is 10.8. The van der Waals surface area contributed by atoms with Gasteiger partial charge < -0.3 is 5.11 Å². The molecular formula is C10H14O2. The van der Waals surface area contributed by atoms with Crippen LogP contribution in [0, 0.1) is 29.6 Å². The van der Waals surface area contributed by atoms with E-state index in [-0.39, 0.29) is 5.92 Å². The first-order chi connectivity index (χ1) is 5.79. The van der Waals surface area contributed by atoms with Crippen LogP contribution in [0.15, 0.2) is 0 Å². The van der Waals surface area contributed by atoms with Crippen LogP contribution in [-0.4, -0.2) is 11.1 Å². The largest absolute Gasteiger partial charge is 0.481 e. The molecule has 0 aromatic rings. The molecule has 3 aliphatic carbocycles. The van der Waals surface area contributed by atoms with E-state index in [9.17, 15) is 4.79 Å². The van der Waals surface area contributed by atoms with Crippen molar-refractivity contribution in [2.24, 2.45) is 29.6 Å². The van der Waals surface area contributed by atoms with Gasteiger partial charge in [-0.05, 0) is 36.5 Å². The highest BCUT2D eigenvalue weighted by Gasteiger charge is 2.65. The highest BCUT2D eigenvalue weighted by molar-refractivity contribution is 5.74. The van der Waals surface area contributed by atoms with Crippen molar-refractivity contribution in [2.75, 3.05) is 0 Å². The van der Waals surface area contributed by atoms with Crippen LogP contribution in [-0.2, 0) is 4.79 Å². The molecule has 5 unspecified atom stereocenters. The summed E-state index contributed by atoms with van der Waals surface area (Å²) in [5, 5.41) is 8.88. The van der Waals surface area contributed by atoms with E-state index in [4.69, 9.17) is 5.11 Å². The van der Waals surface area contributed by atoms with Crippen molar-refractivity contribution < 1.29 is 9.90 Å². The van der Waals surface area contributed by atoms with Gasteiger partial charge in [-0.2, -0.15) is 0 Å². The molecule has 1 N–H and O–H groups in total. The Hall–Kier alpha value is -0.530. The van der Waals surface area contributed by atoms with Gasteiger partial charge in [0.25, 0.3) is 0 Å². The van der Waals surface area contributed by atoms with Crippen LogP contribution in [0.4, 0.5) is 0 Å². The van der Waals surface area contributed by atoms with E-state index >= 15 is 0 Å². The SMILES string of the molecule is O=C(O)C1C2CC3CCCC3C21. The van der Waals surface area contributed by atoms with Crippen molar-refractivity contribution in [3.05, 3.63) is 0 Å². The highest BCUT2D eigenvalue weighted by atomic mass is 16.4. The Morgan fingerprint density at radius 2 is 2.08 bits per heavy atom. The van der Waals surface area contributed by atoms with Crippen molar-refractivity contribution in [2.45, 2.75) is 25.7 Å². The van der Waals surface area contributed by atoms with Gasteiger partial charge in [0, 0.05) is 0 Å². The second-order valence-corrected chi connectivity index (χ2v) is 4.70. The van der Waals surface area contributed by atoms with E-state index in [0.29, 0.717) is 11.8 Å². The second-order valence-electron chi connectivity index (χ2n) is 4.70. The van der Waals surface area contributed by atoms with Gasteiger partial charge in [-0.1, -0.05) is 12.8 Å². The minimum absolute atomic E-state index is 0.0596. The third kappa shape index (κ3) is 0.686. The molecular weight excluding hydrogens is 152 g/mol. The Balaban J connectivity index is 1.78. The number of carbonyl (C=O) groups is 1. The molecule has 3 rings (SSSR count). The summed E-state index contributed by atoms with van der Waals surface area (Å²) in [6, 6.07) is 0. The third-order valence-corrected chi connectivity index (χ3v) is 4.30. The first kappa shape index (κ1) is 6.93. The molecule has 0 radical (unpaired) electrons. The number of carboxylic acid groups (broad SMARTS) is 1. The van der Waals surface area contributed by atoms with Crippen LogP contribution in [0.2, 0.25) is 0 Å². The predicted octanol–water partition coefficient (Wildman–Crippen LogP) is 1.75. The summed E-state index contributed by atoms with van der Waals surface area (Å²) in [4.78, 5) is 10.8. The minimum Gasteiger partial charge on any atom is -0.481 e. The lowest BCUT2D eigenvalue weighted by molar-refractivity contribution is -0.139. The number of carboxylic acids is 1. The van der Waals surface area contributed by atoms with Crippen LogP contribution >= 0.6 is 0 Å². The molecule has 3 fully saturated rings. The molecule has 0 aromatic carbocycles. The lowest BCUT2D eigenvalue weighted by Gasteiger charge is -2.13. The maximum absolute atomic E-state index is 10.8. The minimum atomic E-state index is -0.532. The van der Waals surface area contributed by atoms with Crippen molar-refractivity contribution in [3.8, 4) is 0 Å². The van der Waals surface area contributed by atoms with E-state index in [1.807, 2.05) is 0 Å². The fraction of sp³-hybridized carbons (Fsp3) is 0.900. The average molecular weight is 166 g/mol. The standard InChI is InChI=1S/C10H14O2/c11-10(12)9-7-4-5-2-1-3-6(5)8(7)9/h5-9H,1-4H2,(H,11,12). The molecule has 66 valence electrons. The Morgan fingerprint density at radius 3 is 2.83 bits per heavy atom. The number of rotatable bonds is 1. The zero-order valence-electron chi connectivity index (χ0n) is 7.07. The van der Waals surface area contributed by atoms with Gasteiger partial charge in [0.2, 0.25) is 0 Å². The van der Waals surface area contributed by atoms with E-state index in [1.165, 1.54) is 25.7 Å². The molecule has 0 aliphatic heterocycles. The molecule has 3 saturated carbocycles. The van der Waals surface area contributed by atoms with E-state index in [0.717, 1.165) is 11.8 Å². The van der Waals surface area contributed by atoms with E-state index in [1.54, 1.807) is 0 Å². The molecule has 3 aliphatic rings. The quantitative estimate of drug-likeness (QED) is 0.644. The fourth-order valence-corrected chi connectivity index (χ4v) is 3.85. The van der Waals surface area contributed by atoms with Crippen LogP contribution < -0.4 is 0 Å². The average Bonchev–Trinajstić information content (AvgIpc) is 2.40. The van der Waals surface area contributed by atoms with E-state index < -0.39 is 5.97 Å². The molecule has 5 atom stereocenters. The van der Waals surface area contributed by atoms with Gasteiger partial charge in [0.05, 0.1) is 5.92 Å². The van der Waals surface area contributed by atoms with Gasteiger partial charge in [0.15, 0.2) is 0 Å². The molecule has 2 heteroatoms. The fourth-order valence-electron chi connectivity index (χ4n) is 3.85. The molecule has 0 spiro atoms. The van der Waals surface area contributed by atoms with Crippen LogP contribution in [0.25, 0.3) is 0 Å². The Morgan fingerprint density at radius 1 is 1.25 bits per heavy atom. The summed E-state index contributed by atoms with van der Waals surface area (Å²) in [6.45, 7) is 0. The Bertz CT molecular complexity index is 236. The van der Waals surface area contributed by atoms with Crippen LogP contribution in [0.5, 0.6) is 0 Å². The summed E-state index contributed by atoms with van der Waals surface area (Å²) < 4.78 is 0. The number of aliphatic carboxylic acids is 1. The first-order valence-corrected chi connectivity index (χ1v) is 5.02. The first-order valence-electron chi connectivity index (χ1n) is 5.02.